The lowest BCUT2D eigenvalue weighted by molar-refractivity contribution is 0.620. The summed E-state index contributed by atoms with van der Waals surface area (Å²) in [5.41, 5.74) is 0.839. The number of hydrogen-bond donors (Lipinski definition) is 0. The SMILES string of the molecule is CC.CC.Cc1ccc(F)cn1. The molecule has 1 aromatic rings. The van der Waals surface area contributed by atoms with Crippen molar-refractivity contribution in [3.05, 3.63) is 29.8 Å². The van der Waals surface area contributed by atoms with E-state index in [9.17, 15) is 4.39 Å². The van der Waals surface area contributed by atoms with Crippen LogP contribution >= 0.6 is 0 Å². The molecule has 0 N–H and O–H groups in total. The Hall–Kier alpha value is -0.920. The molecule has 1 aromatic heterocycles. The first kappa shape index (κ1) is 13.7. The summed E-state index contributed by atoms with van der Waals surface area (Å²) in [6.07, 6.45) is 1.20. The van der Waals surface area contributed by atoms with E-state index in [0.717, 1.165) is 5.69 Å². The van der Waals surface area contributed by atoms with Gasteiger partial charge in [-0.3, -0.25) is 4.98 Å². The number of hydrogen-bond acceptors (Lipinski definition) is 1. The van der Waals surface area contributed by atoms with Gasteiger partial charge in [-0.05, 0) is 19.1 Å². The summed E-state index contributed by atoms with van der Waals surface area (Å²) >= 11 is 0. The van der Waals surface area contributed by atoms with Crippen LogP contribution in [0, 0.1) is 12.7 Å². The summed E-state index contributed by atoms with van der Waals surface area (Å²) < 4.78 is 12.0. The number of halogens is 1. The van der Waals surface area contributed by atoms with E-state index in [1.165, 1.54) is 12.3 Å². The molecule has 0 atom stereocenters. The van der Waals surface area contributed by atoms with Crippen molar-refractivity contribution in [2.24, 2.45) is 0 Å². The molecule has 0 bridgehead atoms. The standard InChI is InChI=1S/C6H6FN.2C2H6/c1-5-2-3-6(7)4-8-5;2*1-2/h2-4H,1H3;2*1-2H3. The van der Waals surface area contributed by atoms with E-state index in [1.807, 2.05) is 34.6 Å². The zero-order valence-electron chi connectivity index (χ0n) is 8.56. The molecule has 70 valence electrons. The van der Waals surface area contributed by atoms with E-state index in [2.05, 4.69) is 4.98 Å². The third-order valence-electron chi connectivity index (χ3n) is 0.875. The fourth-order valence-electron chi connectivity index (χ4n) is 0.450. The number of aromatic nitrogens is 1. The summed E-state index contributed by atoms with van der Waals surface area (Å²) in [6.45, 7) is 9.82. The summed E-state index contributed by atoms with van der Waals surface area (Å²) in [6, 6.07) is 3.03. The maximum absolute atomic E-state index is 12.0. The summed E-state index contributed by atoms with van der Waals surface area (Å²) in [5.74, 6) is -0.282. The van der Waals surface area contributed by atoms with Gasteiger partial charge in [0.1, 0.15) is 5.82 Å². The lowest BCUT2D eigenvalue weighted by Crippen LogP contribution is -1.79. The molecular formula is C10H18FN. The average molecular weight is 171 g/mol. The third-order valence-corrected chi connectivity index (χ3v) is 0.875. The molecule has 0 aliphatic heterocycles. The van der Waals surface area contributed by atoms with Gasteiger partial charge in [0.05, 0.1) is 6.20 Å². The zero-order valence-corrected chi connectivity index (χ0v) is 8.56. The second kappa shape index (κ2) is 10.1. The Labute approximate surface area is 74.7 Å². The van der Waals surface area contributed by atoms with E-state index in [-0.39, 0.29) is 5.82 Å². The van der Waals surface area contributed by atoms with Crippen LogP contribution in [0.1, 0.15) is 33.4 Å². The molecule has 0 amide bonds. The number of pyridine rings is 1. The van der Waals surface area contributed by atoms with E-state index in [1.54, 1.807) is 6.07 Å². The van der Waals surface area contributed by atoms with E-state index < -0.39 is 0 Å². The summed E-state index contributed by atoms with van der Waals surface area (Å²) in [7, 11) is 0. The lowest BCUT2D eigenvalue weighted by Gasteiger charge is -1.86. The fraction of sp³-hybridized carbons (Fsp3) is 0.500. The van der Waals surface area contributed by atoms with Gasteiger partial charge in [0.15, 0.2) is 0 Å². The Balaban J connectivity index is 0. The van der Waals surface area contributed by atoms with Gasteiger partial charge in [-0.2, -0.15) is 0 Å². The Morgan fingerprint density at radius 2 is 1.58 bits per heavy atom. The highest BCUT2D eigenvalue weighted by Gasteiger charge is 1.84. The molecule has 0 saturated heterocycles. The van der Waals surface area contributed by atoms with Gasteiger partial charge in [0.2, 0.25) is 0 Å². The topological polar surface area (TPSA) is 12.9 Å². The molecule has 2 heteroatoms. The average Bonchev–Trinajstić information content (AvgIpc) is 2.17. The summed E-state index contributed by atoms with van der Waals surface area (Å²) in [5, 5.41) is 0. The molecule has 0 saturated carbocycles. The van der Waals surface area contributed by atoms with Gasteiger partial charge < -0.3 is 0 Å². The maximum Gasteiger partial charge on any atom is 0.141 e. The molecular weight excluding hydrogens is 153 g/mol. The Morgan fingerprint density at radius 1 is 1.08 bits per heavy atom. The quantitative estimate of drug-likeness (QED) is 0.581. The van der Waals surface area contributed by atoms with Crippen molar-refractivity contribution in [2.75, 3.05) is 0 Å². The van der Waals surface area contributed by atoms with E-state index in [4.69, 9.17) is 0 Å². The van der Waals surface area contributed by atoms with Crippen molar-refractivity contribution in [1.82, 2.24) is 4.98 Å². The van der Waals surface area contributed by atoms with Gasteiger partial charge in [0, 0.05) is 5.69 Å². The minimum Gasteiger partial charge on any atom is -0.259 e. The number of rotatable bonds is 0. The normalized spacial score (nSPS) is 7.17. The van der Waals surface area contributed by atoms with E-state index in [0.29, 0.717) is 0 Å². The Kier molecular flexibility index (Phi) is 11.5. The predicted molar refractivity (Wildman–Crippen MR) is 51.6 cm³/mol. The van der Waals surface area contributed by atoms with Crippen LogP contribution in [0.4, 0.5) is 4.39 Å². The highest BCUT2D eigenvalue weighted by molar-refractivity contribution is 5.02. The van der Waals surface area contributed by atoms with Gasteiger partial charge in [-0.1, -0.05) is 27.7 Å². The molecule has 0 aliphatic rings. The lowest BCUT2D eigenvalue weighted by atomic mass is 10.4. The van der Waals surface area contributed by atoms with Crippen molar-refractivity contribution in [1.29, 1.82) is 0 Å². The van der Waals surface area contributed by atoms with Crippen LogP contribution in [0.5, 0.6) is 0 Å². The smallest absolute Gasteiger partial charge is 0.141 e. The van der Waals surface area contributed by atoms with Gasteiger partial charge in [-0.25, -0.2) is 4.39 Å². The second-order valence-electron chi connectivity index (χ2n) is 1.62. The number of aryl methyl sites for hydroxylation is 1. The molecule has 0 radical (unpaired) electrons. The molecule has 1 rings (SSSR count). The van der Waals surface area contributed by atoms with Crippen molar-refractivity contribution in [3.8, 4) is 0 Å². The minimum atomic E-state index is -0.282. The molecule has 1 heterocycles. The molecule has 0 aromatic carbocycles. The third kappa shape index (κ3) is 7.19. The van der Waals surface area contributed by atoms with Crippen molar-refractivity contribution in [2.45, 2.75) is 34.6 Å². The van der Waals surface area contributed by atoms with Crippen molar-refractivity contribution in [3.63, 3.8) is 0 Å². The Morgan fingerprint density at radius 3 is 1.83 bits per heavy atom. The largest absolute Gasteiger partial charge is 0.259 e. The highest BCUT2D eigenvalue weighted by Crippen LogP contribution is 1.94. The second-order valence-corrected chi connectivity index (χ2v) is 1.62. The van der Waals surface area contributed by atoms with Gasteiger partial charge in [-0.15, -0.1) is 0 Å². The fourth-order valence-corrected chi connectivity index (χ4v) is 0.450. The van der Waals surface area contributed by atoms with Crippen LogP contribution in [-0.4, -0.2) is 4.98 Å². The maximum atomic E-state index is 12.0. The van der Waals surface area contributed by atoms with Gasteiger partial charge >= 0.3 is 0 Å². The van der Waals surface area contributed by atoms with Crippen LogP contribution in [0.3, 0.4) is 0 Å². The molecule has 12 heavy (non-hydrogen) atoms. The van der Waals surface area contributed by atoms with Crippen molar-refractivity contribution < 1.29 is 4.39 Å². The first-order valence-electron chi connectivity index (χ1n) is 4.37. The highest BCUT2D eigenvalue weighted by atomic mass is 19.1. The minimum absolute atomic E-state index is 0.282. The van der Waals surface area contributed by atoms with Crippen LogP contribution in [0.15, 0.2) is 18.3 Å². The molecule has 0 unspecified atom stereocenters. The first-order chi connectivity index (χ1) is 5.79. The van der Waals surface area contributed by atoms with Gasteiger partial charge in [0.25, 0.3) is 0 Å². The molecule has 0 spiro atoms. The van der Waals surface area contributed by atoms with Crippen LogP contribution < -0.4 is 0 Å². The van der Waals surface area contributed by atoms with E-state index >= 15 is 0 Å². The zero-order chi connectivity index (χ0) is 9.98. The first-order valence-corrected chi connectivity index (χ1v) is 4.37. The Bertz CT molecular complexity index is 149. The van der Waals surface area contributed by atoms with Crippen LogP contribution in [-0.2, 0) is 0 Å². The number of nitrogens with zero attached hydrogens (tertiary/aromatic N) is 1. The molecule has 0 fully saturated rings. The monoisotopic (exact) mass is 171 g/mol. The summed E-state index contributed by atoms with van der Waals surface area (Å²) in [4.78, 5) is 3.70. The molecule has 1 nitrogen and oxygen atoms in total. The molecule has 0 aliphatic carbocycles. The predicted octanol–water partition coefficient (Wildman–Crippen LogP) is 3.58. The van der Waals surface area contributed by atoms with Crippen LogP contribution in [0.2, 0.25) is 0 Å². The van der Waals surface area contributed by atoms with Crippen molar-refractivity contribution >= 4 is 0 Å². The van der Waals surface area contributed by atoms with Crippen LogP contribution in [0.25, 0.3) is 0 Å².